The van der Waals surface area contributed by atoms with Crippen molar-refractivity contribution < 1.29 is 4.39 Å². The summed E-state index contributed by atoms with van der Waals surface area (Å²) in [6.45, 7) is 1.92. The standard InChI is InChI=1S/C14H11Cl2F/c1-9-2-7-12(17)8-13(9)14(16)10-3-5-11(15)6-4-10/h2-8,14H,1H3. The minimum atomic E-state index is -0.358. The molecule has 0 heterocycles. The molecule has 0 bridgehead atoms. The van der Waals surface area contributed by atoms with E-state index < -0.39 is 0 Å². The van der Waals surface area contributed by atoms with Crippen molar-refractivity contribution in [3.8, 4) is 0 Å². The van der Waals surface area contributed by atoms with E-state index in [1.54, 1.807) is 18.2 Å². The van der Waals surface area contributed by atoms with Crippen LogP contribution in [0.4, 0.5) is 4.39 Å². The monoisotopic (exact) mass is 268 g/mol. The Balaban J connectivity index is 2.39. The van der Waals surface area contributed by atoms with Gasteiger partial charge < -0.3 is 0 Å². The van der Waals surface area contributed by atoms with Gasteiger partial charge in [-0.05, 0) is 47.9 Å². The number of halogens is 3. The van der Waals surface area contributed by atoms with Gasteiger partial charge in [0.05, 0.1) is 5.38 Å². The normalized spacial score (nSPS) is 12.5. The lowest BCUT2D eigenvalue weighted by atomic mass is 10.00. The van der Waals surface area contributed by atoms with Crippen LogP contribution < -0.4 is 0 Å². The number of rotatable bonds is 2. The molecule has 0 fully saturated rings. The minimum Gasteiger partial charge on any atom is -0.207 e. The van der Waals surface area contributed by atoms with Crippen molar-refractivity contribution >= 4 is 23.2 Å². The van der Waals surface area contributed by atoms with Crippen molar-refractivity contribution in [1.29, 1.82) is 0 Å². The summed E-state index contributed by atoms with van der Waals surface area (Å²) in [6, 6.07) is 11.9. The molecule has 1 atom stereocenters. The molecule has 0 spiro atoms. The van der Waals surface area contributed by atoms with Crippen LogP contribution in [0.25, 0.3) is 0 Å². The van der Waals surface area contributed by atoms with Gasteiger partial charge in [-0.1, -0.05) is 29.8 Å². The molecule has 3 heteroatoms. The fourth-order valence-corrected chi connectivity index (χ4v) is 2.20. The van der Waals surface area contributed by atoms with Gasteiger partial charge in [0, 0.05) is 5.02 Å². The summed E-state index contributed by atoms with van der Waals surface area (Å²) in [7, 11) is 0. The maximum atomic E-state index is 13.2. The number of hydrogen-bond acceptors (Lipinski definition) is 0. The molecule has 2 rings (SSSR count). The molecule has 0 radical (unpaired) electrons. The Kier molecular flexibility index (Phi) is 3.70. The van der Waals surface area contributed by atoms with Crippen LogP contribution in [0.15, 0.2) is 42.5 Å². The Morgan fingerprint density at radius 1 is 1.06 bits per heavy atom. The maximum absolute atomic E-state index is 13.2. The second-order valence-corrected chi connectivity index (χ2v) is 4.79. The zero-order valence-corrected chi connectivity index (χ0v) is 10.8. The minimum absolute atomic E-state index is 0.273. The SMILES string of the molecule is Cc1ccc(F)cc1C(Cl)c1ccc(Cl)cc1. The Morgan fingerprint density at radius 2 is 1.71 bits per heavy atom. The van der Waals surface area contributed by atoms with Crippen molar-refractivity contribution in [3.05, 3.63) is 70.0 Å². The summed E-state index contributed by atoms with van der Waals surface area (Å²) >= 11 is 12.2. The zero-order chi connectivity index (χ0) is 12.4. The Labute approximate surface area is 110 Å². The summed E-state index contributed by atoms with van der Waals surface area (Å²) in [5.41, 5.74) is 2.67. The predicted octanol–water partition coefficient (Wildman–Crippen LogP) is 5.12. The van der Waals surface area contributed by atoms with Gasteiger partial charge in [0.25, 0.3) is 0 Å². The van der Waals surface area contributed by atoms with Gasteiger partial charge in [-0.3, -0.25) is 0 Å². The van der Waals surface area contributed by atoms with E-state index in [0.717, 1.165) is 16.7 Å². The highest BCUT2D eigenvalue weighted by Crippen LogP contribution is 2.31. The molecule has 0 saturated heterocycles. The van der Waals surface area contributed by atoms with Gasteiger partial charge >= 0.3 is 0 Å². The summed E-state index contributed by atoms with van der Waals surface area (Å²) < 4.78 is 13.2. The van der Waals surface area contributed by atoms with Gasteiger partial charge in [-0.2, -0.15) is 0 Å². The number of benzene rings is 2. The Bertz CT molecular complexity index is 520. The van der Waals surface area contributed by atoms with Crippen molar-refractivity contribution in [1.82, 2.24) is 0 Å². The average Bonchev–Trinajstić information content (AvgIpc) is 2.32. The summed E-state index contributed by atoms with van der Waals surface area (Å²) in [5, 5.41) is 0.302. The van der Waals surface area contributed by atoms with Gasteiger partial charge in [0.2, 0.25) is 0 Å². The first-order valence-electron chi connectivity index (χ1n) is 5.23. The van der Waals surface area contributed by atoms with Crippen LogP contribution in [0.3, 0.4) is 0 Å². The molecule has 1 unspecified atom stereocenters. The first-order valence-corrected chi connectivity index (χ1v) is 6.05. The van der Waals surface area contributed by atoms with Gasteiger partial charge in [0.1, 0.15) is 5.82 Å². The van der Waals surface area contributed by atoms with E-state index in [-0.39, 0.29) is 11.2 Å². The van der Waals surface area contributed by atoms with Crippen LogP contribution >= 0.6 is 23.2 Å². The smallest absolute Gasteiger partial charge is 0.123 e. The molecule has 2 aromatic carbocycles. The molecule has 2 aromatic rings. The lowest BCUT2D eigenvalue weighted by Crippen LogP contribution is -1.97. The third-order valence-electron chi connectivity index (χ3n) is 2.68. The quantitative estimate of drug-likeness (QED) is 0.664. The maximum Gasteiger partial charge on any atom is 0.123 e. The van der Waals surface area contributed by atoms with Crippen LogP contribution in [-0.2, 0) is 0 Å². The fraction of sp³-hybridized carbons (Fsp3) is 0.143. The second-order valence-electron chi connectivity index (χ2n) is 3.92. The first kappa shape index (κ1) is 12.4. The van der Waals surface area contributed by atoms with Gasteiger partial charge in [0.15, 0.2) is 0 Å². The summed E-state index contributed by atoms with van der Waals surface area (Å²) in [4.78, 5) is 0. The molecule has 17 heavy (non-hydrogen) atoms. The van der Waals surface area contributed by atoms with E-state index >= 15 is 0 Å². The Hall–Kier alpha value is -1.05. The number of hydrogen-bond donors (Lipinski definition) is 0. The lowest BCUT2D eigenvalue weighted by Gasteiger charge is -2.13. The van der Waals surface area contributed by atoms with E-state index in [1.165, 1.54) is 12.1 Å². The van der Waals surface area contributed by atoms with E-state index in [2.05, 4.69) is 0 Å². The number of alkyl halides is 1. The molecule has 0 aliphatic heterocycles. The highest BCUT2D eigenvalue weighted by molar-refractivity contribution is 6.30. The van der Waals surface area contributed by atoms with Crippen LogP contribution in [0.5, 0.6) is 0 Å². The lowest BCUT2D eigenvalue weighted by molar-refractivity contribution is 0.625. The topological polar surface area (TPSA) is 0 Å². The van der Waals surface area contributed by atoms with E-state index in [4.69, 9.17) is 23.2 Å². The van der Waals surface area contributed by atoms with Gasteiger partial charge in [-0.15, -0.1) is 11.6 Å². The molecular weight excluding hydrogens is 258 g/mol. The number of aryl methyl sites for hydroxylation is 1. The van der Waals surface area contributed by atoms with Crippen molar-refractivity contribution in [3.63, 3.8) is 0 Å². The van der Waals surface area contributed by atoms with Crippen LogP contribution in [0.1, 0.15) is 22.1 Å². The third kappa shape index (κ3) is 2.80. The van der Waals surface area contributed by atoms with E-state index in [9.17, 15) is 4.39 Å². The second kappa shape index (κ2) is 5.07. The molecule has 0 aliphatic rings. The summed E-state index contributed by atoms with van der Waals surface area (Å²) in [6.07, 6.45) is 0. The molecule has 0 amide bonds. The van der Waals surface area contributed by atoms with E-state index in [0.29, 0.717) is 5.02 Å². The Morgan fingerprint density at radius 3 is 2.35 bits per heavy atom. The average molecular weight is 269 g/mol. The molecule has 0 nitrogen and oxygen atoms in total. The first-order chi connectivity index (χ1) is 8.08. The van der Waals surface area contributed by atoms with Crippen molar-refractivity contribution in [2.75, 3.05) is 0 Å². The predicted molar refractivity (Wildman–Crippen MR) is 70.3 cm³/mol. The highest BCUT2D eigenvalue weighted by Gasteiger charge is 2.13. The van der Waals surface area contributed by atoms with Crippen LogP contribution in [0.2, 0.25) is 5.02 Å². The third-order valence-corrected chi connectivity index (χ3v) is 3.42. The largest absolute Gasteiger partial charge is 0.207 e. The van der Waals surface area contributed by atoms with Crippen molar-refractivity contribution in [2.24, 2.45) is 0 Å². The molecule has 0 aliphatic carbocycles. The molecule has 88 valence electrons. The van der Waals surface area contributed by atoms with Gasteiger partial charge in [-0.25, -0.2) is 4.39 Å². The van der Waals surface area contributed by atoms with Crippen LogP contribution in [0, 0.1) is 12.7 Å². The highest BCUT2D eigenvalue weighted by atomic mass is 35.5. The zero-order valence-electron chi connectivity index (χ0n) is 9.25. The molecule has 0 saturated carbocycles. The van der Waals surface area contributed by atoms with Crippen LogP contribution in [-0.4, -0.2) is 0 Å². The summed E-state index contributed by atoms with van der Waals surface area (Å²) in [5.74, 6) is -0.273. The fourth-order valence-electron chi connectivity index (χ4n) is 1.70. The molecule has 0 aromatic heterocycles. The molecule has 0 N–H and O–H groups in total. The molecular formula is C14H11Cl2F. The van der Waals surface area contributed by atoms with Crippen molar-refractivity contribution in [2.45, 2.75) is 12.3 Å². The van der Waals surface area contributed by atoms with E-state index in [1.807, 2.05) is 19.1 Å².